The summed E-state index contributed by atoms with van der Waals surface area (Å²) in [5.74, 6) is -0.638. The Morgan fingerprint density at radius 3 is 1.20 bits per heavy atom. The van der Waals surface area contributed by atoms with Gasteiger partial charge in [-0.25, -0.2) is 0 Å². The van der Waals surface area contributed by atoms with E-state index in [2.05, 4.69) is 65.3 Å². The highest BCUT2D eigenvalue weighted by molar-refractivity contribution is 5.87. The van der Waals surface area contributed by atoms with Crippen LogP contribution in [-0.2, 0) is 36.0 Å². The Bertz CT molecular complexity index is 1300. The van der Waals surface area contributed by atoms with Crippen molar-refractivity contribution < 1.29 is 24.5 Å². The number of nitrogens with one attached hydrogen (secondary N) is 2. The Balaban J connectivity index is 2.94. The molecule has 0 heterocycles. The topological polar surface area (TPSA) is 108 Å². The lowest BCUT2D eigenvalue weighted by atomic mass is 9.78. The van der Waals surface area contributed by atoms with Crippen molar-refractivity contribution in [3.8, 4) is 11.5 Å². The van der Waals surface area contributed by atoms with Crippen LogP contribution in [0.15, 0.2) is 49.6 Å². The summed E-state index contributed by atoms with van der Waals surface area (Å²) in [5, 5.41) is 29.2. The zero-order valence-electron chi connectivity index (χ0n) is 29.6. The molecule has 2 aromatic rings. The molecule has 0 fully saturated rings. The van der Waals surface area contributed by atoms with E-state index in [1.807, 2.05) is 65.8 Å². The maximum atomic E-state index is 12.4. The monoisotopic (exact) mass is 620 g/mol. The van der Waals surface area contributed by atoms with Crippen LogP contribution in [0.1, 0.15) is 129 Å². The standard InChI is InChI=1S/C38H56N2O5/c1-15-31(41)39-21-29(25-17-23(35(3,4)5)19-27(33(25)43)37(9,10)11)45-30(22-40-32(42)16-2)26-18-24(36(6,7)8)20-28(34(26)44)38(12,13)14/h15-20,29-30,43-44H,1-2,21-22H2,3-14H3,(H,39,41)(H,40,42). The molecule has 2 unspecified atom stereocenters. The van der Waals surface area contributed by atoms with Gasteiger partial charge in [0.05, 0.1) is 0 Å². The third-order valence-electron chi connectivity index (χ3n) is 7.94. The van der Waals surface area contributed by atoms with Crippen molar-refractivity contribution >= 4 is 11.8 Å². The summed E-state index contributed by atoms with van der Waals surface area (Å²) >= 11 is 0. The molecule has 2 atom stereocenters. The van der Waals surface area contributed by atoms with Crippen LogP contribution in [0, 0.1) is 0 Å². The smallest absolute Gasteiger partial charge is 0.243 e. The van der Waals surface area contributed by atoms with Crippen molar-refractivity contribution in [2.75, 3.05) is 13.1 Å². The summed E-state index contributed by atoms with van der Waals surface area (Å²) in [5.41, 5.74) is 3.18. The van der Waals surface area contributed by atoms with Gasteiger partial charge in [0.15, 0.2) is 0 Å². The minimum atomic E-state index is -0.862. The average Bonchev–Trinajstić information content (AvgIpc) is 2.90. The first-order valence-corrected chi connectivity index (χ1v) is 15.6. The predicted octanol–water partition coefficient (Wildman–Crippen LogP) is 7.69. The van der Waals surface area contributed by atoms with Crippen LogP contribution < -0.4 is 10.6 Å². The number of ether oxygens (including phenoxy) is 1. The van der Waals surface area contributed by atoms with E-state index in [0.717, 1.165) is 22.3 Å². The first-order valence-electron chi connectivity index (χ1n) is 15.6. The van der Waals surface area contributed by atoms with Gasteiger partial charge in [0.1, 0.15) is 23.7 Å². The Kier molecular flexibility index (Phi) is 11.5. The molecule has 0 spiro atoms. The zero-order valence-corrected chi connectivity index (χ0v) is 29.6. The highest BCUT2D eigenvalue weighted by Gasteiger charge is 2.33. The number of hydrogen-bond acceptors (Lipinski definition) is 5. The highest BCUT2D eigenvalue weighted by atomic mass is 16.5. The van der Waals surface area contributed by atoms with Gasteiger partial charge in [-0.3, -0.25) is 9.59 Å². The van der Waals surface area contributed by atoms with Crippen LogP contribution in [0.5, 0.6) is 11.5 Å². The third-order valence-corrected chi connectivity index (χ3v) is 7.94. The summed E-state index contributed by atoms with van der Waals surface area (Å²) < 4.78 is 6.83. The lowest BCUT2D eigenvalue weighted by Crippen LogP contribution is -2.33. The summed E-state index contributed by atoms with van der Waals surface area (Å²) in [6.07, 6.45) is 0.635. The van der Waals surface area contributed by atoms with Crippen molar-refractivity contribution in [1.82, 2.24) is 10.6 Å². The van der Waals surface area contributed by atoms with Gasteiger partial charge in [-0.2, -0.15) is 0 Å². The van der Waals surface area contributed by atoms with Gasteiger partial charge in [-0.05, 0) is 68.2 Å². The van der Waals surface area contributed by atoms with Gasteiger partial charge in [-0.15, -0.1) is 0 Å². The Hall–Kier alpha value is -3.58. The minimum absolute atomic E-state index is 0.00729. The molecular formula is C38H56N2O5. The summed E-state index contributed by atoms with van der Waals surface area (Å²) in [4.78, 5) is 24.8. The summed E-state index contributed by atoms with van der Waals surface area (Å²) in [6.45, 7) is 32.0. The number of carbonyl (C=O) groups excluding carboxylic acids is 2. The molecular weight excluding hydrogens is 564 g/mol. The Morgan fingerprint density at radius 1 is 0.644 bits per heavy atom. The fourth-order valence-corrected chi connectivity index (χ4v) is 5.01. The SMILES string of the molecule is C=CC(=O)NCC(OC(CNC(=O)C=C)c1cc(C(C)(C)C)cc(C(C)(C)C)c1O)c1cc(C(C)(C)C)cc(C(C)(C)C)c1O. The Morgan fingerprint density at radius 2 is 0.956 bits per heavy atom. The van der Waals surface area contributed by atoms with Crippen LogP contribution in [0.3, 0.4) is 0 Å². The molecule has 7 nitrogen and oxygen atoms in total. The Labute approximate surface area is 271 Å². The molecule has 0 aliphatic heterocycles. The normalized spacial score (nSPS) is 14.0. The van der Waals surface area contributed by atoms with Crippen molar-refractivity contribution in [1.29, 1.82) is 0 Å². The molecule has 7 heteroatoms. The maximum absolute atomic E-state index is 12.4. The first-order chi connectivity index (χ1) is 20.4. The number of hydrogen-bond donors (Lipinski definition) is 4. The molecule has 0 saturated carbocycles. The van der Waals surface area contributed by atoms with Crippen LogP contribution in [0.4, 0.5) is 0 Å². The fourth-order valence-electron chi connectivity index (χ4n) is 5.01. The number of amides is 2. The quantitative estimate of drug-likeness (QED) is 0.204. The first kappa shape index (κ1) is 37.6. The number of phenols is 2. The fraction of sp³-hybridized carbons (Fsp3) is 0.526. The van der Waals surface area contributed by atoms with Gasteiger partial charge >= 0.3 is 0 Å². The summed E-state index contributed by atoms with van der Waals surface area (Å²) in [6, 6.07) is 7.88. The number of carbonyl (C=O) groups is 2. The van der Waals surface area contributed by atoms with E-state index in [9.17, 15) is 19.8 Å². The maximum Gasteiger partial charge on any atom is 0.243 e. The number of benzene rings is 2. The summed E-state index contributed by atoms with van der Waals surface area (Å²) in [7, 11) is 0. The molecule has 4 N–H and O–H groups in total. The van der Waals surface area contributed by atoms with E-state index in [1.54, 1.807) is 0 Å². The van der Waals surface area contributed by atoms with Crippen molar-refractivity contribution in [3.05, 3.63) is 83.0 Å². The average molecular weight is 621 g/mol. The van der Waals surface area contributed by atoms with E-state index in [0.29, 0.717) is 11.1 Å². The molecule has 2 rings (SSSR count). The van der Waals surface area contributed by atoms with E-state index in [-0.39, 0.29) is 35.4 Å². The molecule has 248 valence electrons. The van der Waals surface area contributed by atoms with Gasteiger partial charge < -0.3 is 25.6 Å². The molecule has 45 heavy (non-hydrogen) atoms. The number of phenolic OH excluding ortho intramolecular Hbond substituents is 2. The lowest BCUT2D eigenvalue weighted by Gasteiger charge is -2.33. The molecule has 0 aliphatic rings. The van der Waals surface area contributed by atoms with Crippen molar-refractivity contribution in [2.45, 2.75) is 117 Å². The molecule has 2 amide bonds. The molecule has 0 bridgehead atoms. The molecule has 0 aliphatic carbocycles. The second-order valence-corrected chi connectivity index (χ2v) is 15.9. The lowest BCUT2D eigenvalue weighted by molar-refractivity contribution is -0.118. The van der Waals surface area contributed by atoms with Crippen molar-refractivity contribution in [3.63, 3.8) is 0 Å². The molecule has 0 saturated heterocycles. The van der Waals surface area contributed by atoms with Gasteiger partial charge in [0.2, 0.25) is 11.8 Å². The second-order valence-electron chi connectivity index (χ2n) is 15.9. The van der Waals surface area contributed by atoms with Crippen molar-refractivity contribution in [2.24, 2.45) is 0 Å². The van der Waals surface area contributed by atoms with Crippen LogP contribution >= 0.6 is 0 Å². The van der Waals surface area contributed by atoms with Crippen LogP contribution in [0.2, 0.25) is 0 Å². The number of aromatic hydroxyl groups is 2. The van der Waals surface area contributed by atoms with E-state index in [1.165, 1.54) is 12.2 Å². The van der Waals surface area contributed by atoms with E-state index >= 15 is 0 Å². The van der Waals surface area contributed by atoms with Gasteiger partial charge in [0, 0.05) is 24.2 Å². The molecule has 2 aromatic carbocycles. The van der Waals surface area contributed by atoms with Crippen LogP contribution in [-0.4, -0.2) is 35.1 Å². The second kappa shape index (κ2) is 13.8. The zero-order chi connectivity index (χ0) is 34.7. The van der Waals surface area contributed by atoms with E-state index < -0.39 is 34.9 Å². The predicted molar refractivity (Wildman–Crippen MR) is 184 cm³/mol. The van der Waals surface area contributed by atoms with Gasteiger partial charge in [0.25, 0.3) is 0 Å². The minimum Gasteiger partial charge on any atom is -0.507 e. The third kappa shape index (κ3) is 9.70. The largest absolute Gasteiger partial charge is 0.507 e. The molecule has 0 radical (unpaired) electrons. The van der Waals surface area contributed by atoms with E-state index in [4.69, 9.17) is 4.74 Å². The van der Waals surface area contributed by atoms with Crippen LogP contribution in [0.25, 0.3) is 0 Å². The highest BCUT2D eigenvalue weighted by Crippen LogP contribution is 2.45. The van der Waals surface area contributed by atoms with Gasteiger partial charge in [-0.1, -0.05) is 108 Å². The number of rotatable bonds is 10. The molecule has 0 aromatic heterocycles.